The molecule has 1 N–H and O–H groups in total. The normalized spacial score (nSPS) is 39.2. The van der Waals surface area contributed by atoms with Crippen LogP contribution in [0.15, 0.2) is 0 Å². The molecule has 0 aliphatic carbocycles. The molecule has 2 fully saturated rings. The van der Waals surface area contributed by atoms with Gasteiger partial charge in [-0.2, -0.15) is 0 Å². The fraction of sp³-hybridized carbons (Fsp3) is 0.857. The van der Waals surface area contributed by atoms with Gasteiger partial charge in [-0.1, -0.05) is 0 Å². The van der Waals surface area contributed by atoms with Gasteiger partial charge in [0.25, 0.3) is 11.6 Å². The predicted molar refractivity (Wildman–Crippen MR) is 72.9 cm³/mol. The molecule has 0 saturated carbocycles. The predicted octanol–water partition coefficient (Wildman–Crippen LogP) is -0.306. The van der Waals surface area contributed by atoms with Crippen LogP contribution in [0.25, 0.3) is 0 Å². The first kappa shape index (κ1) is 18.1. The molecule has 0 aromatic carbocycles. The Labute approximate surface area is 133 Å². The summed E-state index contributed by atoms with van der Waals surface area (Å²) in [5.41, 5.74) is 0. The monoisotopic (exact) mass is 334 g/mol. The molecule has 0 radical (unpaired) electrons. The second kappa shape index (κ2) is 5.99. The number of rotatable bonds is 3. The van der Waals surface area contributed by atoms with Crippen LogP contribution < -0.4 is 0 Å². The minimum absolute atomic E-state index is 0.158. The highest BCUT2D eigenvalue weighted by Gasteiger charge is 2.70. The molecule has 4 atom stereocenters. The van der Waals surface area contributed by atoms with Crippen molar-refractivity contribution in [3.63, 3.8) is 0 Å². The Kier molecular flexibility index (Phi) is 4.71. The first-order chi connectivity index (χ1) is 10.6. The van der Waals surface area contributed by atoms with E-state index in [-0.39, 0.29) is 13.2 Å². The third-order valence-corrected chi connectivity index (χ3v) is 3.69. The zero-order chi connectivity index (χ0) is 17.5. The van der Waals surface area contributed by atoms with Gasteiger partial charge in [-0.3, -0.25) is 9.59 Å². The Morgan fingerprint density at radius 2 is 1.74 bits per heavy atom. The molecule has 9 nitrogen and oxygen atoms in total. The van der Waals surface area contributed by atoms with Gasteiger partial charge in [0, 0.05) is 21.0 Å². The van der Waals surface area contributed by atoms with E-state index in [1.165, 1.54) is 21.0 Å². The molecule has 2 aliphatic heterocycles. The largest absolute Gasteiger partial charge is 0.456 e. The highest BCUT2D eigenvalue weighted by molar-refractivity contribution is 5.67. The number of carbonyl (C=O) groups is 2. The third kappa shape index (κ3) is 3.20. The maximum absolute atomic E-state index is 11.4. The van der Waals surface area contributed by atoms with Gasteiger partial charge >= 0.3 is 11.9 Å². The minimum atomic E-state index is -2.23. The van der Waals surface area contributed by atoms with Crippen LogP contribution >= 0.6 is 0 Å². The number of methoxy groups -OCH3 is 1. The van der Waals surface area contributed by atoms with Crippen LogP contribution in [0.2, 0.25) is 0 Å². The number of hydrogen-bond acceptors (Lipinski definition) is 9. The van der Waals surface area contributed by atoms with Crippen molar-refractivity contribution in [2.75, 3.05) is 20.3 Å². The van der Waals surface area contributed by atoms with Gasteiger partial charge in [-0.05, 0) is 13.8 Å². The molecule has 0 amide bonds. The molecular weight excluding hydrogens is 312 g/mol. The molecule has 23 heavy (non-hydrogen) atoms. The lowest BCUT2D eigenvalue weighted by atomic mass is 9.92. The summed E-state index contributed by atoms with van der Waals surface area (Å²) in [4.78, 5) is 22.7. The number of ether oxygens (including phenoxy) is 6. The van der Waals surface area contributed by atoms with Crippen LogP contribution in [0.1, 0.15) is 27.7 Å². The summed E-state index contributed by atoms with van der Waals surface area (Å²) in [7, 11) is 1.20. The standard InChI is InChI=1S/C14H22O9/c1-8(15)21-10-6-19-13(7-20-12(3,4)23-13)14(17,18-5)11(10)22-9(2)16/h10-11,17H,6-7H2,1-5H3/t10-,11-,13+,14+/m1/s1. The topological polar surface area (TPSA) is 110 Å². The zero-order valence-electron chi connectivity index (χ0n) is 13.8. The maximum Gasteiger partial charge on any atom is 0.303 e. The van der Waals surface area contributed by atoms with E-state index in [1.807, 2.05) is 0 Å². The fourth-order valence-corrected chi connectivity index (χ4v) is 2.76. The summed E-state index contributed by atoms with van der Waals surface area (Å²) in [5.74, 6) is -6.29. The molecule has 132 valence electrons. The Morgan fingerprint density at radius 1 is 1.13 bits per heavy atom. The number of carbonyl (C=O) groups excluding carboxylic acids is 2. The second-order valence-electron chi connectivity index (χ2n) is 5.93. The molecule has 1 spiro atoms. The van der Waals surface area contributed by atoms with Crippen molar-refractivity contribution < 1.29 is 43.1 Å². The van der Waals surface area contributed by atoms with Crippen LogP contribution in [-0.2, 0) is 38.0 Å². The summed E-state index contributed by atoms with van der Waals surface area (Å²) in [6.07, 6.45) is -2.40. The van der Waals surface area contributed by atoms with E-state index in [9.17, 15) is 14.7 Å². The molecule has 9 heteroatoms. The quantitative estimate of drug-likeness (QED) is 0.549. The highest BCUT2D eigenvalue weighted by atomic mass is 16.9. The zero-order valence-corrected chi connectivity index (χ0v) is 13.8. The Bertz CT molecular complexity index is 491. The minimum Gasteiger partial charge on any atom is -0.456 e. The summed E-state index contributed by atoms with van der Waals surface area (Å²) in [5, 5.41) is 11.0. The van der Waals surface area contributed by atoms with Crippen LogP contribution in [0.4, 0.5) is 0 Å². The van der Waals surface area contributed by atoms with E-state index < -0.39 is 41.5 Å². The van der Waals surface area contributed by atoms with Crippen molar-refractivity contribution >= 4 is 11.9 Å². The molecule has 2 saturated heterocycles. The van der Waals surface area contributed by atoms with Gasteiger partial charge in [0.1, 0.15) is 6.61 Å². The first-order valence-electron chi connectivity index (χ1n) is 7.15. The summed E-state index contributed by atoms with van der Waals surface area (Å²) < 4.78 is 32.2. The Morgan fingerprint density at radius 3 is 2.17 bits per heavy atom. The average Bonchev–Trinajstić information content (AvgIpc) is 2.75. The SMILES string of the molecule is CO[C@@]1(O)[C@H](OC(C)=O)[C@H](OC(C)=O)CO[C@]12COC(C)(C)O2. The molecule has 2 rings (SSSR count). The Balaban J connectivity index is 2.39. The van der Waals surface area contributed by atoms with E-state index in [4.69, 9.17) is 28.4 Å². The van der Waals surface area contributed by atoms with Gasteiger partial charge in [-0.15, -0.1) is 0 Å². The van der Waals surface area contributed by atoms with E-state index in [0.29, 0.717) is 0 Å². The van der Waals surface area contributed by atoms with Crippen LogP contribution in [0, 0.1) is 0 Å². The van der Waals surface area contributed by atoms with Crippen molar-refractivity contribution in [1.29, 1.82) is 0 Å². The lowest BCUT2D eigenvalue weighted by Gasteiger charge is -2.50. The van der Waals surface area contributed by atoms with Crippen LogP contribution in [0.5, 0.6) is 0 Å². The maximum atomic E-state index is 11.4. The lowest BCUT2D eigenvalue weighted by molar-refractivity contribution is -0.442. The van der Waals surface area contributed by atoms with E-state index >= 15 is 0 Å². The molecule has 0 unspecified atom stereocenters. The van der Waals surface area contributed by atoms with Gasteiger partial charge in [-0.25, -0.2) is 0 Å². The van der Waals surface area contributed by atoms with Gasteiger partial charge in [0.05, 0.1) is 6.61 Å². The lowest BCUT2D eigenvalue weighted by Crippen LogP contribution is -2.73. The van der Waals surface area contributed by atoms with Crippen LogP contribution in [-0.4, -0.2) is 66.9 Å². The molecular formula is C14H22O9. The van der Waals surface area contributed by atoms with Crippen molar-refractivity contribution in [3.05, 3.63) is 0 Å². The van der Waals surface area contributed by atoms with Gasteiger partial charge < -0.3 is 33.5 Å². The summed E-state index contributed by atoms with van der Waals surface area (Å²) >= 11 is 0. The van der Waals surface area contributed by atoms with Gasteiger partial charge in [0.2, 0.25) is 0 Å². The van der Waals surface area contributed by atoms with E-state index in [1.54, 1.807) is 13.8 Å². The first-order valence-corrected chi connectivity index (χ1v) is 7.15. The number of hydrogen-bond donors (Lipinski definition) is 1. The molecule has 0 aromatic heterocycles. The van der Waals surface area contributed by atoms with Crippen molar-refractivity contribution in [2.24, 2.45) is 0 Å². The summed E-state index contributed by atoms with van der Waals surface area (Å²) in [6, 6.07) is 0. The third-order valence-electron chi connectivity index (χ3n) is 3.69. The highest BCUT2D eigenvalue weighted by Crippen LogP contribution is 2.46. The van der Waals surface area contributed by atoms with Crippen molar-refractivity contribution in [1.82, 2.24) is 0 Å². The number of aliphatic hydroxyl groups is 1. The average molecular weight is 334 g/mol. The smallest absolute Gasteiger partial charge is 0.303 e. The summed E-state index contributed by atoms with van der Waals surface area (Å²) in [6.45, 7) is 5.32. The fourth-order valence-electron chi connectivity index (χ4n) is 2.76. The molecule has 0 bridgehead atoms. The molecule has 2 aliphatic rings. The van der Waals surface area contributed by atoms with Crippen molar-refractivity contribution in [2.45, 2.75) is 57.3 Å². The molecule has 2 heterocycles. The van der Waals surface area contributed by atoms with Crippen LogP contribution in [0.3, 0.4) is 0 Å². The second-order valence-corrected chi connectivity index (χ2v) is 5.93. The Hall–Kier alpha value is -1.26. The van der Waals surface area contributed by atoms with Gasteiger partial charge in [0.15, 0.2) is 18.0 Å². The van der Waals surface area contributed by atoms with E-state index in [0.717, 1.165) is 0 Å². The van der Waals surface area contributed by atoms with Crippen molar-refractivity contribution in [3.8, 4) is 0 Å². The van der Waals surface area contributed by atoms with E-state index in [2.05, 4.69) is 0 Å². The molecule has 0 aromatic rings. The number of esters is 2.